The lowest BCUT2D eigenvalue weighted by Gasteiger charge is -2.11. The molecule has 0 atom stereocenters. The number of carbonyl (C=O) groups is 1. The van der Waals surface area contributed by atoms with E-state index >= 15 is 0 Å². The molecule has 0 aliphatic rings. The average Bonchev–Trinajstić information content (AvgIpc) is 2.58. The van der Waals surface area contributed by atoms with Gasteiger partial charge in [0.05, 0.1) is 7.11 Å². The highest BCUT2D eigenvalue weighted by Gasteiger charge is 2.05. The van der Waals surface area contributed by atoms with E-state index in [4.69, 9.17) is 9.47 Å². The zero-order valence-corrected chi connectivity index (χ0v) is 13.0. The molecule has 0 spiro atoms. The Morgan fingerprint density at radius 1 is 1.22 bits per heavy atom. The topological polar surface area (TPSA) is 59.6 Å². The van der Waals surface area contributed by atoms with Crippen LogP contribution in [-0.2, 0) is 6.54 Å². The minimum absolute atomic E-state index is 0.295. The maximum absolute atomic E-state index is 12.0. The van der Waals surface area contributed by atoms with Gasteiger partial charge in [-0.1, -0.05) is 36.9 Å². The number of benzene rings is 2. The molecule has 0 aliphatic heterocycles. The van der Waals surface area contributed by atoms with Crippen LogP contribution in [0.2, 0.25) is 0 Å². The highest BCUT2D eigenvalue weighted by atomic mass is 16.5. The van der Waals surface area contributed by atoms with Crippen molar-refractivity contribution in [1.29, 1.82) is 0 Å². The summed E-state index contributed by atoms with van der Waals surface area (Å²) in [6.07, 6.45) is 1.67. The number of urea groups is 1. The van der Waals surface area contributed by atoms with Crippen LogP contribution in [0, 0.1) is 0 Å². The van der Waals surface area contributed by atoms with Crippen LogP contribution in [0.4, 0.5) is 10.5 Å². The average molecular weight is 312 g/mol. The highest BCUT2D eigenvalue weighted by molar-refractivity contribution is 5.89. The van der Waals surface area contributed by atoms with E-state index in [1.165, 1.54) is 0 Å². The van der Waals surface area contributed by atoms with E-state index in [1.807, 2.05) is 36.4 Å². The van der Waals surface area contributed by atoms with Gasteiger partial charge in [0.2, 0.25) is 0 Å². The molecule has 23 heavy (non-hydrogen) atoms. The maximum Gasteiger partial charge on any atom is 0.319 e. The standard InChI is InChI=1S/C18H20N2O3/c1-3-11-23-16-9-6-8-15(12-16)20-18(21)19-13-14-7-4-5-10-17(14)22-2/h3-10,12H,1,11,13H2,2H3,(H2,19,20,21). The van der Waals surface area contributed by atoms with Gasteiger partial charge in [-0.2, -0.15) is 0 Å². The van der Waals surface area contributed by atoms with Crippen molar-refractivity contribution in [3.8, 4) is 11.5 Å². The molecule has 5 nitrogen and oxygen atoms in total. The molecule has 0 heterocycles. The van der Waals surface area contributed by atoms with Crippen molar-refractivity contribution in [2.24, 2.45) is 0 Å². The summed E-state index contributed by atoms with van der Waals surface area (Å²) >= 11 is 0. The van der Waals surface area contributed by atoms with Gasteiger partial charge in [-0.05, 0) is 18.2 Å². The normalized spacial score (nSPS) is 9.78. The molecular formula is C18H20N2O3. The summed E-state index contributed by atoms with van der Waals surface area (Å²) in [5.74, 6) is 1.42. The Balaban J connectivity index is 1.90. The van der Waals surface area contributed by atoms with Crippen molar-refractivity contribution < 1.29 is 14.3 Å². The van der Waals surface area contributed by atoms with Crippen LogP contribution in [-0.4, -0.2) is 19.7 Å². The third-order valence-corrected chi connectivity index (χ3v) is 3.09. The molecule has 0 unspecified atom stereocenters. The molecule has 0 saturated heterocycles. The van der Waals surface area contributed by atoms with E-state index in [2.05, 4.69) is 17.2 Å². The van der Waals surface area contributed by atoms with Crippen molar-refractivity contribution in [2.75, 3.05) is 19.0 Å². The summed E-state index contributed by atoms with van der Waals surface area (Å²) in [5.41, 5.74) is 1.57. The molecule has 0 radical (unpaired) electrons. The molecule has 2 N–H and O–H groups in total. The second-order valence-electron chi connectivity index (χ2n) is 4.75. The van der Waals surface area contributed by atoms with E-state index < -0.39 is 0 Å². The van der Waals surface area contributed by atoms with Crippen LogP contribution in [0.15, 0.2) is 61.2 Å². The smallest absolute Gasteiger partial charge is 0.319 e. The molecular weight excluding hydrogens is 292 g/mol. The Labute approximate surface area is 135 Å². The fourth-order valence-electron chi connectivity index (χ4n) is 2.02. The number of ether oxygens (including phenoxy) is 2. The van der Waals surface area contributed by atoms with Gasteiger partial charge in [0.1, 0.15) is 18.1 Å². The number of hydrogen-bond donors (Lipinski definition) is 2. The Kier molecular flexibility index (Phi) is 6.06. The molecule has 2 aromatic carbocycles. The summed E-state index contributed by atoms with van der Waals surface area (Å²) in [6, 6.07) is 14.4. The van der Waals surface area contributed by atoms with Gasteiger partial charge in [0.15, 0.2) is 0 Å². The SMILES string of the molecule is C=CCOc1cccc(NC(=O)NCc2ccccc2OC)c1. The zero-order chi connectivity index (χ0) is 16.5. The molecule has 0 aliphatic carbocycles. The summed E-state index contributed by atoms with van der Waals surface area (Å²) in [6.45, 7) is 4.40. The fraction of sp³-hybridized carbons (Fsp3) is 0.167. The van der Waals surface area contributed by atoms with Crippen molar-refractivity contribution in [3.63, 3.8) is 0 Å². The summed E-state index contributed by atoms with van der Waals surface area (Å²) in [7, 11) is 1.60. The molecule has 2 rings (SSSR count). The molecule has 2 aromatic rings. The molecule has 0 bridgehead atoms. The van der Waals surface area contributed by atoms with Gasteiger partial charge in [-0.25, -0.2) is 4.79 Å². The first kappa shape index (κ1) is 16.4. The lowest BCUT2D eigenvalue weighted by Crippen LogP contribution is -2.28. The molecule has 120 valence electrons. The Morgan fingerprint density at radius 2 is 2.04 bits per heavy atom. The molecule has 2 amide bonds. The number of para-hydroxylation sites is 1. The monoisotopic (exact) mass is 312 g/mol. The van der Waals surface area contributed by atoms with Crippen molar-refractivity contribution in [3.05, 3.63) is 66.7 Å². The number of nitrogens with one attached hydrogen (secondary N) is 2. The van der Waals surface area contributed by atoms with Crippen molar-refractivity contribution >= 4 is 11.7 Å². The van der Waals surface area contributed by atoms with Gasteiger partial charge in [0, 0.05) is 23.9 Å². The summed E-state index contributed by atoms with van der Waals surface area (Å²) in [4.78, 5) is 12.0. The first-order chi connectivity index (χ1) is 11.2. The van der Waals surface area contributed by atoms with E-state index in [-0.39, 0.29) is 6.03 Å². The second-order valence-corrected chi connectivity index (χ2v) is 4.75. The first-order valence-corrected chi connectivity index (χ1v) is 7.23. The number of methoxy groups -OCH3 is 1. The van der Waals surface area contributed by atoms with Gasteiger partial charge in [-0.15, -0.1) is 0 Å². The number of anilines is 1. The van der Waals surface area contributed by atoms with E-state index in [0.29, 0.717) is 24.6 Å². The quantitative estimate of drug-likeness (QED) is 0.768. The Morgan fingerprint density at radius 3 is 2.83 bits per heavy atom. The maximum atomic E-state index is 12.0. The number of amides is 2. The minimum atomic E-state index is -0.295. The molecule has 0 aromatic heterocycles. The largest absolute Gasteiger partial charge is 0.496 e. The van der Waals surface area contributed by atoms with Gasteiger partial charge >= 0.3 is 6.03 Å². The predicted octanol–water partition coefficient (Wildman–Crippen LogP) is 3.58. The Bertz CT molecular complexity index is 671. The van der Waals surface area contributed by atoms with Crippen LogP contribution in [0.25, 0.3) is 0 Å². The molecule has 5 heteroatoms. The second kappa shape index (κ2) is 8.48. The van der Waals surface area contributed by atoms with Crippen LogP contribution in [0.1, 0.15) is 5.56 Å². The van der Waals surface area contributed by atoms with E-state index in [0.717, 1.165) is 11.3 Å². The van der Waals surface area contributed by atoms with E-state index in [1.54, 1.807) is 25.3 Å². The number of rotatable bonds is 7. The fourth-order valence-corrected chi connectivity index (χ4v) is 2.02. The summed E-state index contributed by atoms with van der Waals surface area (Å²) in [5, 5.41) is 5.57. The minimum Gasteiger partial charge on any atom is -0.496 e. The zero-order valence-electron chi connectivity index (χ0n) is 13.0. The molecule has 0 fully saturated rings. The van der Waals surface area contributed by atoms with Crippen molar-refractivity contribution in [1.82, 2.24) is 5.32 Å². The van der Waals surface area contributed by atoms with Gasteiger partial charge in [-0.3, -0.25) is 0 Å². The lowest BCUT2D eigenvalue weighted by molar-refractivity contribution is 0.251. The van der Waals surface area contributed by atoms with Gasteiger partial charge in [0.25, 0.3) is 0 Å². The van der Waals surface area contributed by atoms with Gasteiger partial charge < -0.3 is 20.1 Å². The third-order valence-electron chi connectivity index (χ3n) is 3.09. The highest BCUT2D eigenvalue weighted by Crippen LogP contribution is 2.18. The molecule has 0 saturated carbocycles. The van der Waals surface area contributed by atoms with Crippen molar-refractivity contribution in [2.45, 2.75) is 6.54 Å². The van der Waals surface area contributed by atoms with E-state index in [9.17, 15) is 4.79 Å². The predicted molar refractivity (Wildman–Crippen MR) is 91.0 cm³/mol. The Hall–Kier alpha value is -2.95. The summed E-state index contributed by atoms with van der Waals surface area (Å²) < 4.78 is 10.7. The number of carbonyl (C=O) groups excluding carboxylic acids is 1. The third kappa shape index (κ3) is 5.07. The van der Waals surface area contributed by atoms with Crippen LogP contribution in [0.5, 0.6) is 11.5 Å². The van der Waals surface area contributed by atoms with Crippen LogP contribution in [0.3, 0.4) is 0 Å². The van der Waals surface area contributed by atoms with Crippen LogP contribution >= 0.6 is 0 Å². The first-order valence-electron chi connectivity index (χ1n) is 7.23. The van der Waals surface area contributed by atoms with Crippen LogP contribution < -0.4 is 20.1 Å². The lowest BCUT2D eigenvalue weighted by atomic mass is 10.2. The number of hydrogen-bond acceptors (Lipinski definition) is 3.